The van der Waals surface area contributed by atoms with Gasteiger partial charge in [-0.2, -0.15) is 0 Å². The predicted octanol–water partition coefficient (Wildman–Crippen LogP) is 2.82. The van der Waals surface area contributed by atoms with E-state index in [0.717, 1.165) is 5.56 Å². The summed E-state index contributed by atoms with van der Waals surface area (Å²) >= 11 is 0. The SMILES string of the molecule is COc1cccc(C(=O)N(Cc2ccccc2)C(C)C(=O)O)c1OC. The lowest BCUT2D eigenvalue weighted by Gasteiger charge is -2.27. The van der Waals surface area contributed by atoms with E-state index in [4.69, 9.17) is 9.47 Å². The van der Waals surface area contributed by atoms with Gasteiger partial charge in [0.1, 0.15) is 6.04 Å². The maximum Gasteiger partial charge on any atom is 0.326 e. The zero-order valence-corrected chi connectivity index (χ0v) is 14.4. The number of carboxylic acid groups (broad SMARTS) is 1. The number of carboxylic acids is 1. The van der Waals surface area contributed by atoms with Gasteiger partial charge in [-0.3, -0.25) is 4.79 Å². The largest absolute Gasteiger partial charge is 0.493 e. The molecule has 0 bridgehead atoms. The zero-order valence-electron chi connectivity index (χ0n) is 14.4. The number of hydrogen-bond acceptors (Lipinski definition) is 4. The molecule has 0 aliphatic carbocycles. The van der Waals surface area contributed by atoms with Crippen molar-refractivity contribution in [3.63, 3.8) is 0 Å². The Labute approximate surface area is 146 Å². The second-order valence-corrected chi connectivity index (χ2v) is 5.47. The van der Waals surface area contributed by atoms with Crippen molar-refractivity contribution in [2.45, 2.75) is 19.5 Å². The van der Waals surface area contributed by atoms with Gasteiger partial charge in [0.15, 0.2) is 11.5 Å². The van der Waals surface area contributed by atoms with Crippen LogP contribution in [0.4, 0.5) is 0 Å². The van der Waals surface area contributed by atoms with E-state index in [2.05, 4.69) is 0 Å². The first kappa shape index (κ1) is 18.3. The fourth-order valence-electron chi connectivity index (χ4n) is 2.51. The van der Waals surface area contributed by atoms with E-state index in [9.17, 15) is 14.7 Å². The molecule has 0 heterocycles. The molecule has 0 saturated carbocycles. The molecule has 6 nitrogen and oxygen atoms in total. The van der Waals surface area contributed by atoms with Crippen LogP contribution in [-0.2, 0) is 11.3 Å². The molecule has 2 aromatic carbocycles. The number of hydrogen-bond donors (Lipinski definition) is 1. The quantitative estimate of drug-likeness (QED) is 0.836. The number of amides is 1. The average Bonchev–Trinajstić information content (AvgIpc) is 2.64. The van der Waals surface area contributed by atoms with Crippen LogP contribution in [-0.4, -0.2) is 42.1 Å². The van der Waals surface area contributed by atoms with E-state index in [1.807, 2.05) is 30.3 Å². The maximum absolute atomic E-state index is 13.1. The molecule has 0 aliphatic rings. The minimum absolute atomic E-state index is 0.174. The summed E-state index contributed by atoms with van der Waals surface area (Å²) in [5, 5.41) is 9.40. The number of aliphatic carboxylic acids is 1. The highest BCUT2D eigenvalue weighted by molar-refractivity contribution is 5.99. The van der Waals surface area contributed by atoms with Crippen molar-refractivity contribution in [1.82, 2.24) is 4.90 Å². The molecule has 0 radical (unpaired) electrons. The monoisotopic (exact) mass is 343 g/mol. The highest BCUT2D eigenvalue weighted by Gasteiger charge is 2.29. The summed E-state index contributed by atoms with van der Waals surface area (Å²) < 4.78 is 10.5. The van der Waals surface area contributed by atoms with Gasteiger partial charge < -0.3 is 19.5 Å². The summed E-state index contributed by atoms with van der Waals surface area (Å²) in [5.41, 5.74) is 1.09. The van der Waals surface area contributed by atoms with Gasteiger partial charge in [0, 0.05) is 6.54 Å². The Morgan fingerprint density at radius 2 is 1.72 bits per heavy atom. The normalized spacial score (nSPS) is 11.5. The number of nitrogens with zero attached hydrogens (tertiary/aromatic N) is 1. The summed E-state index contributed by atoms with van der Waals surface area (Å²) in [4.78, 5) is 25.9. The van der Waals surface area contributed by atoms with Gasteiger partial charge in [-0.15, -0.1) is 0 Å². The van der Waals surface area contributed by atoms with Crippen LogP contribution in [0.15, 0.2) is 48.5 Å². The van der Waals surface area contributed by atoms with Crippen LogP contribution in [0.3, 0.4) is 0 Å². The molecule has 0 aromatic heterocycles. The molecular formula is C19H21NO5. The Balaban J connectivity index is 2.43. The molecule has 1 unspecified atom stereocenters. The lowest BCUT2D eigenvalue weighted by Crippen LogP contribution is -2.42. The van der Waals surface area contributed by atoms with Crippen molar-refractivity contribution >= 4 is 11.9 Å². The van der Waals surface area contributed by atoms with Crippen LogP contribution >= 0.6 is 0 Å². The van der Waals surface area contributed by atoms with Crippen molar-refractivity contribution in [3.8, 4) is 11.5 Å². The lowest BCUT2D eigenvalue weighted by atomic mass is 10.1. The van der Waals surface area contributed by atoms with Gasteiger partial charge in [-0.1, -0.05) is 36.4 Å². The smallest absolute Gasteiger partial charge is 0.326 e. The zero-order chi connectivity index (χ0) is 18.4. The first-order valence-corrected chi connectivity index (χ1v) is 7.78. The molecule has 1 amide bonds. The topological polar surface area (TPSA) is 76.1 Å². The molecular weight excluding hydrogens is 322 g/mol. The fourth-order valence-corrected chi connectivity index (χ4v) is 2.51. The third-order valence-electron chi connectivity index (χ3n) is 3.91. The first-order chi connectivity index (χ1) is 12.0. The number of rotatable bonds is 7. The molecule has 1 atom stereocenters. The summed E-state index contributed by atoms with van der Waals surface area (Å²) in [5.74, 6) is -0.817. The van der Waals surface area contributed by atoms with Gasteiger partial charge in [-0.05, 0) is 24.6 Å². The van der Waals surface area contributed by atoms with Crippen molar-refractivity contribution in [2.24, 2.45) is 0 Å². The summed E-state index contributed by atoms with van der Waals surface area (Å²) in [6.45, 7) is 1.66. The fraction of sp³-hybridized carbons (Fsp3) is 0.263. The Kier molecular flexibility index (Phi) is 6.00. The van der Waals surface area contributed by atoms with Crippen LogP contribution in [0.25, 0.3) is 0 Å². The summed E-state index contributed by atoms with van der Waals surface area (Å²) in [6, 6.07) is 13.2. The number of carbonyl (C=O) groups excluding carboxylic acids is 1. The van der Waals surface area contributed by atoms with Gasteiger partial charge in [0.05, 0.1) is 19.8 Å². The van der Waals surface area contributed by atoms with Gasteiger partial charge >= 0.3 is 5.97 Å². The minimum Gasteiger partial charge on any atom is -0.493 e. The third kappa shape index (κ3) is 4.09. The molecule has 0 aliphatic heterocycles. The molecule has 0 spiro atoms. The van der Waals surface area contributed by atoms with E-state index in [0.29, 0.717) is 5.75 Å². The van der Waals surface area contributed by atoms with Crippen LogP contribution in [0.5, 0.6) is 11.5 Å². The average molecular weight is 343 g/mol. The molecule has 1 N–H and O–H groups in total. The Bertz CT molecular complexity index is 745. The highest BCUT2D eigenvalue weighted by atomic mass is 16.5. The second kappa shape index (κ2) is 8.19. The van der Waals surface area contributed by atoms with E-state index in [1.165, 1.54) is 26.0 Å². The molecule has 132 valence electrons. The van der Waals surface area contributed by atoms with Crippen LogP contribution < -0.4 is 9.47 Å². The molecule has 25 heavy (non-hydrogen) atoms. The number of para-hydroxylation sites is 1. The second-order valence-electron chi connectivity index (χ2n) is 5.47. The Morgan fingerprint density at radius 1 is 1.04 bits per heavy atom. The number of methoxy groups -OCH3 is 2. The summed E-state index contributed by atoms with van der Waals surface area (Å²) in [7, 11) is 2.92. The summed E-state index contributed by atoms with van der Waals surface area (Å²) in [6.07, 6.45) is 0. The van der Waals surface area contributed by atoms with E-state index < -0.39 is 17.9 Å². The van der Waals surface area contributed by atoms with E-state index in [-0.39, 0.29) is 17.9 Å². The number of benzene rings is 2. The molecule has 2 aromatic rings. The van der Waals surface area contributed by atoms with Crippen molar-refractivity contribution in [1.29, 1.82) is 0 Å². The van der Waals surface area contributed by atoms with Crippen LogP contribution in [0.2, 0.25) is 0 Å². The first-order valence-electron chi connectivity index (χ1n) is 7.78. The third-order valence-corrected chi connectivity index (χ3v) is 3.91. The van der Waals surface area contributed by atoms with Crippen LogP contribution in [0.1, 0.15) is 22.8 Å². The van der Waals surface area contributed by atoms with Gasteiger partial charge in [-0.25, -0.2) is 4.79 Å². The number of carbonyl (C=O) groups is 2. The van der Waals surface area contributed by atoms with Crippen LogP contribution in [0, 0.1) is 0 Å². The molecule has 0 fully saturated rings. The van der Waals surface area contributed by atoms with Crippen molar-refractivity contribution < 1.29 is 24.2 Å². The van der Waals surface area contributed by atoms with Gasteiger partial charge in [0.25, 0.3) is 5.91 Å². The Hall–Kier alpha value is -3.02. The number of ether oxygens (including phenoxy) is 2. The molecule has 0 saturated heterocycles. The highest BCUT2D eigenvalue weighted by Crippen LogP contribution is 2.32. The molecule has 2 rings (SSSR count). The lowest BCUT2D eigenvalue weighted by molar-refractivity contribution is -0.141. The van der Waals surface area contributed by atoms with E-state index in [1.54, 1.807) is 18.2 Å². The van der Waals surface area contributed by atoms with Crippen molar-refractivity contribution in [2.75, 3.05) is 14.2 Å². The molecule has 6 heteroatoms. The van der Waals surface area contributed by atoms with E-state index >= 15 is 0 Å². The predicted molar refractivity (Wildman–Crippen MR) is 93.0 cm³/mol. The van der Waals surface area contributed by atoms with Crippen molar-refractivity contribution in [3.05, 3.63) is 59.7 Å². The minimum atomic E-state index is -1.08. The Morgan fingerprint density at radius 3 is 2.28 bits per heavy atom. The maximum atomic E-state index is 13.1. The van der Waals surface area contributed by atoms with Gasteiger partial charge in [0.2, 0.25) is 0 Å². The standard InChI is InChI=1S/C19H21NO5/c1-13(19(22)23)20(12-14-8-5-4-6-9-14)18(21)15-10-7-11-16(24-2)17(15)25-3/h4-11,13H,12H2,1-3H3,(H,22,23).